The fourth-order valence-corrected chi connectivity index (χ4v) is 1.55. The van der Waals surface area contributed by atoms with Gasteiger partial charge >= 0.3 is 0 Å². The van der Waals surface area contributed by atoms with Crippen molar-refractivity contribution < 1.29 is 14.8 Å². The molecular weight excluding hydrogens is 289 g/mol. The molecule has 0 aliphatic rings. The Kier molecular flexibility index (Phi) is 4.04. The summed E-state index contributed by atoms with van der Waals surface area (Å²) in [6.45, 7) is 0. The second kappa shape index (κ2) is 4.89. The lowest BCUT2D eigenvalue weighted by atomic mass is 10.2. The minimum absolute atomic E-state index is 0.0544. The Balaban J connectivity index is 3.34. The Hall–Kier alpha value is -0.690. The number of rotatable bonds is 3. The first kappa shape index (κ1) is 12.4. The number of hydrogen-bond acceptors (Lipinski definition) is 4. The number of halogens is 2. The van der Waals surface area contributed by atoms with Gasteiger partial charge in [-0.1, -0.05) is 11.6 Å². The SMILES string of the molecule is COC(O)c1cc(Br)c(Cl)cc1[N+](=O)[O-]. The summed E-state index contributed by atoms with van der Waals surface area (Å²) in [5.74, 6) is 0. The van der Waals surface area contributed by atoms with Crippen molar-refractivity contribution in [2.45, 2.75) is 6.29 Å². The fraction of sp³-hybridized carbons (Fsp3) is 0.250. The number of nitro benzene ring substituents is 1. The molecule has 0 aliphatic heterocycles. The van der Waals surface area contributed by atoms with Gasteiger partial charge in [0, 0.05) is 17.6 Å². The lowest BCUT2D eigenvalue weighted by molar-refractivity contribution is -0.386. The number of benzene rings is 1. The number of aliphatic hydroxyl groups excluding tert-OH is 1. The number of methoxy groups -OCH3 is 1. The van der Waals surface area contributed by atoms with Gasteiger partial charge in [0.1, 0.15) is 0 Å². The Bertz CT molecular complexity index is 398. The topological polar surface area (TPSA) is 72.6 Å². The quantitative estimate of drug-likeness (QED) is 0.529. The highest BCUT2D eigenvalue weighted by molar-refractivity contribution is 9.10. The van der Waals surface area contributed by atoms with Crippen molar-refractivity contribution in [3.63, 3.8) is 0 Å². The molecule has 1 aromatic carbocycles. The minimum atomic E-state index is -1.35. The van der Waals surface area contributed by atoms with Crippen LogP contribution >= 0.6 is 27.5 Å². The predicted molar refractivity (Wildman–Crippen MR) is 57.8 cm³/mol. The Morgan fingerprint density at radius 1 is 1.67 bits per heavy atom. The van der Waals surface area contributed by atoms with E-state index in [9.17, 15) is 15.2 Å². The second-order valence-corrected chi connectivity index (χ2v) is 3.93. The smallest absolute Gasteiger partial charge is 0.279 e. The van der Waals surface area contributed by atoms with Crippen molar-refractivity contribution >= 4 is 33.2 Å². The second-order valence-electron chi connectivity index (χ2n) is 2.67. The molecule has 1 aromatic rings. The zero-order chi connectivity index (χ0) is 11.6. The molecule has 15 heavy (non-hydrogen) atoms. The molecule has 1 atom stereocenters. The molecule has 0 bridgehead atoms. The zero-order valence-corrected chi connectivity index (χ0v) is 9.95. The van der Waals surface area contributed by atoms with Crippen molar-refractivity contribution in [3.8, 4) is 0 Å². The average Bonchev–Trinajstić information content (AvgIpc) is 2.20. The van der Waals surface area contributed by atoms with Gasteiger partial charge in [-0.05, 0) is 22.0 Å². The highest BCUT2D eigenvalue weighted by Crippen LogP contribution is 2.34. The highest BCUT2D eigenvalue weighted by atomic mass is 79.9. The third-order valence-corrected chi connectivity index (χ3v) is 2.95. The van der Waals surface area contributed by atoms with Crippen LogP contribution in [0.1, 0.15) is 11.9 Å². The molecule has 0 fully saturated rings. The summed E-state index contributed by atoms with van der Waals surface area (Å²) in [6, 6.07) is 2.51. The summed E-state index contributed by atoms with van der Waals surface area (Å²) in [7, 11) is 1.25. The van der Waals surface area contributed by atoms with E-state index in [1.165, 1.54) is 13.2 Å². The van der Waals surface area contributed by atoms with Crippen LogP contribution in [0.3, 0.4) is 0 Å². The maximum absolute atomic E-state index is 10.7. The van der Waals surface area contributed by atoms with Crippen molar-refractivity contribution in [1.82, 2.24) is 0 Å². The molecule has 0 spiro atoms. The van der Waals surface area contributed by atoms with E-state index >= 15 is 0 Å². The zero-order valence-electron chi connectivity index (χ0n) is 7.61. The molecule has 0 amide bonds. The highest BCUT2D eigenvalue weighted by Gasteiger charge is 2.22. The van der Waals surface area contributed by atoms with Gasteiger partial charge in [0.25, 0.3) is 5.69 Å². The fourth-order valence-electron chi connectivity index (χ4n) is 1.03. The van der Waals surface area contributed by atoms with E-state index in [-0.39, 0.29) is 16.3 Å². The first-order valence-electron chi connectivity index (χ1n) is 3.81. The van der Waals surface area contributed by atoms with E-state index in [1.54, 1.807) is 0 Å². The Labute approximate surface area is 98.9 Å². The first-order chi connectivity index (χ1) is 6.97. The van der Waals surface area contributed by atoms with Crippen LogP contribution in [0, 0.1) is 10.1 Å². The standard InChI is InChI=1S/C8H7BrClNO4/c1-15-8(12)4-2-5(9)6(10)3-7(4)11(13)14/h2-3,8,12H,1H3. The molecule has 0 saturated heterocycles. The first-order valence-corrected chi connectivity index (χ1v) is 4.98. The third-order valence-electron chi connectivity index (χ3n) is 1.76. The van der Waals surface area contributed by atoms with Crippen molar-refractivity contribution in [2.75, 3.05) is 7.11 Å². The molecule has 7 heteroatoms. The summed E-state index contributed by atoms with van der Waals surface area (Å²) in [5, 5.41) is 20.3. The van der Waals surface area contributed by atoms with Gasteiger partial charge in [0.2, 0.25) is 0 Å². The molecule has 0 heterocycles. The third kappa shape index (κ3) is 2.66. The van der Waals surface area contributed by atoms with E-state index in [0.717, 1.165) is 6.07 Å². The summed E-state index contributed by atoms with van der Waals surface area (Å²) in [4.78, 5) is 10.0. The minimum Gasteiger partial charge on any atom is -0.364 e. The van der Waals surface area contributed by atoms with Gasteiger partial charge in [-0.2, -0.15) is 0 Å². The average molecular weight is 297 g/mol. The summed E-state index contributed by atoms with van der Waals surface area (Å²) in [5.41, 5.74) is -0.226. The van der Waals surface area contributed by atoms with Crippen LogP contribution in [0.25, 0.3) is 0 Å². The number of ether oxygens (including phenoxy) is 1. The van der Waals surface area contributed by atoms with E-state index < -0.39 is 11.2 Å². The van der Waals surface area contributed by atoms with Gasteiger partial charge in [0.15, 0.2) is 6.29 Å². The lowest BCUT2D eigenvalue weighted by Gasteiger charge is -2.10. The molecule has 82 valence electrons. The van der Waals surface area contributed by atoms with Crippen molar-refractivity contribution in [3.05, 3.63) is 37.3 Å². The number of nitrogens with zero attached hydrogens (tertiary/aromatic N) is 1. The van der Waals surface area contributed by atoms with Gasteiger partial charge in [0.05, 0.1) is 15.5 Å². The molecule has 0 aliphatic carbocycles. The van der Waals surface area contributed by atoms with Crippen molar-refractivity contribution in [2.24, 2.45) is 0 Å². The monoisotopic (exact) mass is 295 g/mol. The number of hydrogen-bond donors (Lipinski definition) is 1. The molecule has 1 N–H and O–H groups in total. The lowest BCUT2D eigenvalue weighted by Crippen LogP contribution is -2.04. The summed E-state index contributed by atoms with van der Waals surface area (Å²) < 4.78 is 5.07. The molecule has 5 nitrogen and oxygen atoms in total. The number of nitro groups is 1. The molecule has 1 unspecified atom stereocenters. The van der Waals surface area contributed by atoms with Gasteiger partial charge < -0.3 is 9.84 Å². The normalized spacial score (nSPS) is 12.5. The molecule has 0 radical (unpaired) electrons. The van der Waals surface area contributed by atoms with E-state index in [2.05, 4.69) is 20.7 Å². The van der Waals surface area contributed by atoms with Crippen LogP contribution in [0.2, 0.25) is 5.02 Å². The van der Waals surface area contributed by atoms with E-state index in [4.69, 9.17) is 11.6 Å². The summed E-state index contributed by atoms with van der Waals surface area (Å²) >= 11 is 8.81. The van der Waals surface area contributed by atoms with Gasteiger partial charge in [-0.15, -0.1) is 0 Å². The summed E-state index contributed by atoms with van der Waals surface area (Å²) in [6.07, 6.45) is -1.35. The predicted octanol–water partition coefficient (Wildman–Crippen LogP) is 2.65. The van der Waals surface area contributed by atoms with Crippen molar-refractivity contribution in [1.29, 1.82) is 0 Å². The molecule has 0 saturated carbocycles. The maximum atomic E-state index is 10.7. The van der Waals surface area contributed by atoms with Crippen LogP contribution in [0.15, 0.2) is 16.6 Å². The van der Waals surface area contributed by atoms with Gasteiger partial charge in [-0.25, -0.2) is 0 Å². The Morgan fingerprint density at radius 3 is 2.73 bits per heavy atom. The molecule has 1 rings (SSSR count). The largest absolute Gasteiger partial charge is 0.364 e. The van der Waals surface area contributed by atoms with Crippen LogP contribution in [-0.4, -0.2) is 17.1 Å². The Morgan fingerprint density at radius 2 is 2.27 bits per heavy atom. The number of aliphatic hydroxyl groups is 1. The van der Waals surface area contributed by atoms with Crippen LogP contribution in [0.5, 0.6) is 0 Å². The van der Waals surface area contributed by atoms with Crippen LogP contribution < -0.4 is 0 Å². The van der Waals surface area contributed by atoms with Gasteiger partial charge in [-0.3, -0.25) is 10.1 Å². The molecular formula is C8H7BrClNO4. The molecule has 0 aromatic heterocycles. The van der Waals surface area contributed by atoms with E-state index in [0.29, 0.717) is 4.47 Å². The van der Waals surface area contributed by atoms with Crippen LogP contribution in [-0.2, 0) is 4.74 Å². The van der Waals surface area contributed by atoms with E-state index in [1.807, 2.05) is 0 Å². The maximum Gasteiger partial charge on any atom is 0.279 e. The van der Waals surface area contributed by atoms with Crippen LogP contribution in [0.4, 0.5) is 5.69 Å².